The van der Waals surface area contributed by atoms with E-state index in [4.69, 9.17) is 4.74 Å². The van der Waals surface area contributed by atoms with Crippen LogP contribution in [0.3, 0.4) is 0 Å². The summed E-state index contributed by atoms with van der Waals surface area (Å²) in [5.74, 6) is 0.211. The third-order valence-electron chi connectivity index (χ3n) is 4.67. The number of ether oxygens (including phenoxy) is 1. The van der Waals surface area contributed by atoms with Crippen LogP contribution in [0.25, 0.3) is 6.08 Å². The number of carbonyl (C=O) groups is 3. The van der Waals surface area contributed by atoms with E-state index in [0.717, 1.165) is 27.3 Å². The first-order chi connectivity index (χ1) is 14.7. The second-order valence-corrected chi connectivity index (χ2v) is 10.0. The fraction of sp³-hybridized carbons (Fsp3) is 0.348. The fourth-order valence-electron chi connectivity index (χ4n) is 2.90. The molecule has 31 heavy (non-hydrogen) atoms. The zero-order chi connectivity index (χ0) is 22.4. The maximum absolute atomic E-state index is 12.4. The summed E-state index contributed by atoms with van der Waals surface area (Å²) in [4.78, 5) is 39.1. The predicted octanol–water partition coefficient (Wildman–Crippen LogP) is 4.67. The quantitative estimate of drug-likeness (QED) is 0.582. The predicted molar refractivity (Wildman–Crippen MR) is 125 cm³/mol. The standard InChI is InChI=1S/C23H26N2O4S2/c1-23(2,3)16-6-8-17(9-7-16)29-13-10-20(26)24-11-12-25-21(27)19(31-22(25)28)15-18-5-4-14-30-18/h4-9,14-15H,10-13H2,1-3H3,(H,24,26)/b19-15-. The minimum atomic E-state index is -0.320. The highest BCUT2D eigenvalue weighted by Gasteiger charge is 2.34. The lowest BCUT2D eigenvalue weighted by Crippen LogP contribution is -2.37. The van der Waals surface area contributed by atoms with Gasteiger partial charge in [0.25, 0.3) is 11.1 Å². The van der Waals surface area contributed by atoms with Crippen molar-refractivity contribution >= 4 is 46.2 Å². The molecule has 1 saturated heterocycles. The Morgan fingerprint density at radius 3 is 2.55 bits per heavy atom. The fourth-order valence-corrected chi connectivity index (χ4v) is 4.49. The number of hydrogen-bond donors (Lipinski definition) is 1. The number of benzene rings is 1. The van der Waals surface area contributed by atoms with Gasteiger partial charge in [0.2, 0.25) is 5.91 Å². The average molecular weight is 459 g/mol. The van der Waals surface area contributed by atoms with Crippen LogP contribution in [0.5, 0.6) is 5.75 Å². The average Bonchev–Trinajstić information content (AvgIpc) is 3.31. The van der Waals surface area contributed by atoms with Gasteiger partial charge in [-0.15, -0.1) is 11.3 Å². The van der Waals surface area contributed by atoms with Crippen molar-refractivity contribution in [1.82, 2.24) is 10.2 Å². The summed E-state index contributed by atoms with van der Waals surface area (Å²) in [6, 6.07) is 11.6. The molecule has 1 aromatic carbocycles. The molecule has 0 radical (unpaired) electrons. The second kappa shape index (κ2) is 10.2. The van der Waals surface area contributed by atoms with Crippen LogP contribution in [0.15, 0.2) is 46.7 Å². The number of amides is 3. The Hall–Kier alpha value is -2.58. The molecule has 0 aliphatic carbocycles. The molecule has 1 aliphatic rings. The molecule has 2 aromatic rings. The van der Waals surface area contributed by atoms with Gasteiger partial charge in [-0.05, 0) is 52.4 Å². The number of rotatable bonds is 8. The molecular formula is C23H26N2O4S2. The molecule has 0 unspecified atom stereocenters. The molecule has 0 bridgehead atoms. The largest absolute Gasteiger partial charge is 0.493 e. The number of carbonyl (C=O) groups excluding carboxylic acids is 3. The summed E-state index contributed by atoms with van der Waals surface area (Å²) in [6.45, 7) is 7.06. The zero-order valence-corrected chi connectivity index (χ0v) is 19.5. The van der Waals surface area contributed by atoms with Crippen LogP contribution in [0, 0.1) is 0 Å². The highest BCUT2D eigenvalue weighted by Crippen LogP contribution is 2.32. The van der Waals surface area contributed by atoms with Gasteiger partial charge in [0.05, 0.1) is 17.9 Å². The van der Waals surface area contributed by atoms with Crippen LogP contribution in [-0.2, 0) is 15.0 Å². The number of hydrogen-bond acceptors (Lipinski definition) is 6. The summed E-state index contributed by atoms with van der Waals surface area (Å²) in [5.41, 5.74) is 1.30. The van der Waals surface area contributed by atoms with Crippen LogP contribution < -0.4 is 10.1 Å². The van der Waals surface area contributed by atoms with Crippen LogP contribution in [0.1, 0.15) is 37.6 Å². The molecule has 1 aromatic heterocycles. The lowest BCUT2D eigenvalue weighted by atomic mass is 9.87. The third kappa shape index (κ3) is 6.45. The maximum Gasteiger partial charge on any atom is 0.293 e. The Morgan fingerprint density at radius 1 is 1.16 bits per heavy atom. The molecule has 164 valence electrons. The summed E-state index contributed by atoms with van der Waals surface area (Å²) >= 11 is 2.43. The zero-order valence-electron chi connectivity index (χ0n) is 17.8. The van der Waals surface area contributed by atoms with Crippen LogP contribution in [0.2, 0.25) is 0 Å². The normalized spacial score (nSPS) is 15.6. The van der Waals surface area contributed by atoms with E-state index < -0.39 is 0 Å². The molecule has 1 N–H and O–H groups in total. The summed E-state index contributed by atoms with van der Waals surface area (Å²) in [6.07, 6.45) is 1.92. The minimum absolute atomic E-state index is 0.0789. The van der Waals surface area contributed by atoms with E-state index in [2.05, 4.69) is 26.1 Å². The van der Waals surface area contributed by atoms with Gasteiger partial charge in [-0.3, -0.25) is 19.3 Å². The smallest absolute Gasteiger partial charge is 0.293 e. The first-order valence-corrected chi connectivity index (χ1v) is 11.7. The topological polar surface area (TPSA) is 75.7 Å². The molecule has 1 aliphatic heterocycles. The van der Waals surface area contributed by atoms with Crippen molar-refractivity contribution in [2.24, 2.45) is 0 Å². The Balaban J connectivity index is 1.38. The molecule has 1 fully saturated rings. The van der Waals surface area contributed by atoms with Crippen molar-refractivity contribution in [3.63, 3.8) is 0 Å². The van der Waals surface area contributed by atoms with Crippen LogP contribution >= 0.6 is 23.1 Å². The first kappa shape index (κ1) is 23.1. The van der Waals surface area contributed by atoms with E-state index in [1.165, 1.54) is 16.9 Å². The first-order valence-electron chi connectivity index (χ1n) is 10.0. The van der Waals surface area contributed by atoms with Crippen molar-refractivity contribution in [2.45, 2.75) is 32.6 Å². The molecule has 0 atom stereocenters. The minimum Gasteiger partial charge on any atom is -0.493 e. The highest BCUT2D eigenvalue weighted by atomic mass is 32.2. The van der Waals surface area contributed by atoms with Gasteiger partial charge in [0, 0.05) is 18.0 Å². The Kier molecular flexibility index (Phi) is 7.56. The third-order valence-corrected chi connectivity index (χ3v) is 6.39. The lowest BCUT2D eigenvalue weighted by molar-refractivity contribution is -0.124. The highest BCUT2D eigenvalue weighted by molar-refractivity contribution is 8.18. The van der Waals surface area contributed by atoms with Crippen molar-refractivity contribution in [3.05, 3.63) is 57.1 Å². The van der Waals surface area contributed by atoms with Gasteiger partial charge in [-0.2, -0.15) is 0 Å². The Morgan fingerprint density at radius 2 is 1.90 bits per heavy atom. The number of nitrogens with zero attached hydrogens (tertiary/aromatic N) is 1. The molecule has 8 heteroatoms. The van der Waals surface area contributed by atoms with Gasteiger partial charge in [0.15, 0.2) is 0 Å². The monoisotopic (exact) mass is 458 g/mol. The van der Waals surface area contributed by atoms with Crippen molar-refractivity contribution in [1.29, 1.82) is 0 Å². The van der Waals surface area contributed by atoms with E-state index in [0.29, 0.717) is 4.91 Å². The van der Waals surface area contributed by atoms with Crippen molar-refractivity contribution in [2.75, 3.05) is 19.7 Å². The van der Waals surface area contributed by atoms with E-state index in [-0.39, 0.29) is 48.6 Å². The SMILES string of the molecule is CC(C)(C)c1ccc(OCCC(=O)NCCN2C(=O)S/C(=C\c3cccs3)C2=O)cc1. The molecule has 0 saturated carbocycles. The number of thioether (sulfide) groups is 1. The summed E-state index contributed by atoms with van der Waals surface area (Å²) < 4.78 is 5.63. The molecule has 2 heterocycles. The number of thiophene rings is 1. The van der Waals surface area contributed by atoms with E-state index in [1.54, 1.807) is 6.08 Å². The van der Waals surface area contributed by atoms with E-state index >= 15 is 0 Å². The number of imide groups is 1. The second-order valence-electron chi connectivity index (χ2n) is 8.07. The summed E-state index contributed by atoms with van der Waals surface area (Å²) in [5, 5.41) is 4.33. The van der Waals surface area contributed by atoms with Crippen LogP contribution in [-0.4, -0.2) is 41.6 Å². The lowest BCUT2D eigenvalue weighted by Gasteiger charge is -2.19. The molecular weight excluding hydrogens is 432 g/mol. The summed E-state index contributed by atoms with van der Waals surface area (Å²) in [7, 11) is 0. The molecule has 0 spiro atoms. The van der Waals surface area contributed by atoms with Crippen LogP contribution in [0.4, 0.5) is 4.79 Å². The van der Waals surface area contributed by atoms with Crippen molar-refractivity contribution in [3.8, 4) is 5.75 Å². The molecule has 6 nitrogen and oxygen atoms in total. The van der Waals surface area contributed by atoms with Gasteiger partial charge in [0.1, 0.15) is 5.75 Å². The van der Waals surface area contributed by atoms with Gasteiger partial charge in [-0.25, -0.2) is 0 Å². The molecule has 3 rings (SSSR count). The Labute approximate surface area is 190 Å². The van der Waals surface area contributed by atoms with E-state index in [9.17, 15) is 14.4 Å². The van der Waals surface area contributed by atoms with Gasteiger partial charge in [-0.1, -0.05) is 39.0 Å². The van der Waals surface area contributed by atoms with Gasteiger partial charge < -0.3 is 10.1 Å². The van der Waals surface area contributed by atoms with Crippen molar-refractivity contribution < 1.29 is 19.1 Å². The number of nitrogens with one attached hydrogen (secondary N) is 1. The van der Waals surface area contributed by atoms with Gasteiger partial charge >= 0.3 is 0 Å². The van der Waals surface area contributed by atoms with E-state index in [1.807, 2.05) is 41.8 Å². The maximum atomic E-state index is 12.4. The Bertz CT molecular complexity index is 960. The molecule has 3 amide bonds.